The molecule has 0 amide bonds. The number of methoxy groups -OCH3 is 1. The van der Waals surface area contributed by atoms with Crippen LogP contribution in [0.4, 0.5) is 0 Å². The van der Waals surface area contributed by atoms with Gasteiger partial charge in [-0.25, -0.2) is 13.1 Å². The lowest BCUT2D eigenvalue weighted by atomic mass is 10.1. The van der Waals surface area contributed by atoms with Gasteiger partial charge in [-0.05, 0) is 29.8 Å². The van der Waals surface area contributed by atoms with Crippen molar-refractivity contribution in [2.75, 3.05) is 33.4 Å². The SMILES string of the molecule is COc1ccc(S(=O)(=O)NCc2ccccc2C[NH+]2CCOCC2)cc1. The molecular weight excluding hydrogens is 352 g/mol. The van der Waals surface area contributed by atoms with Crippen molar-refractivity contribution in [1.29, 1.82) is 0 Å². The summed E-state index contributed by atoms with van der Waals surface area (Å²) in [5.41, 5.74) is 2.17. The standard InChI is InChI=1S/C19H24N2O4S/c1-24-18-6-8-19(9-7-18)26(22,23)20-14-16-4-2-3-5-17(16)15-21-10-12-25-13-11-21/h2-9,20H,10-15H2,1H3/p+1. The van der Waals surface area contributed by atoms with Crippen molar-refractivity contribution in [2.45, 2.75) is 18.0 Å². The number of sulfonamides is 1. The lowest BCUT2D eigenvalue weighted by Gasteiger charge is -2.24. The van der Waals surface area contributed by atoms with Crippen molar-refractivity contribution in [1.82, 2.24) is 4.72 Å². The molecule has 0 aromatic heterocycles. The molecule has 0 spiro atoms. The molecule has 7 heteroatoms. The highest BCUT2D eigenvalue weighted by molar-refractivity contribution is 7.89. The maximum atomic E-state index is 12.5. The molecule has 1 saturated heterocycles. The van der Waals surface area contributed by atoms with E-state index in [0.29, 0.717) is 5.75 Å². The number of hydrogen-bond acceptors (Lipinski definition) is 4. The Balaban J connectivity index is 1.68. The number of morpholine rings is 1. The van der Waals surface area contributed by atoms with Gasteiger partial charge in [0.1, 0.15) is 25.4 Å². The van der Waals surface area contributed by atoms with Crippen molar-refractivity contribution in [3.05, 3.63) is 59.7 Å². The van der Waals surface area contributed by atoms with Crippen molar-refractivity contribution in [3.63, 3.8) is 0 Å². The molecule has 2 aromatic carbocycles. The van der Waals surface area contributed by atoms with Gasteiger partial charge < -0.3 is 14.4 Å². The third-order valence-electron chi connectivity index (χ3n) is 4.58. The first-order valence-corrected chi connectivity index (χ1v) is 10.2. The Kier molecular flexibility index (Phi) is 6.26. The Morgan fingerprint density at radius 2 is 1.69 bits per heavy atom. The Bertz CT molecular complexity index is 816. The van der Waals surface area contributed by atoms with E-state index < -0.39 is 10.0 Å². The summed E-state index contributed by atoms with van der Waals surface area (Å²) in [5, 5.41) is 0. The molecule has 0 unspecified atom stereocenters. The van der Waals surface area contributed by atoms with Crippen molar-refractivity contribution in [2.24, 2.45) is 0 Å². The Labute approximate surface area is 154 Å². The van der Waals surface area contributed by atoms with Crippen LogP contribution in [0.5, 0.6) is 5.75 Å². The van der Waals surface area contributed by atoms with Crippen LogP contribution in [0, 0.1) is 0 Å². The minimum absolute atomic E-state index is 0.231. The molecule has 0 atom stereocenters. The van der Waals surface area contributed by atoms with Crippen LogP contribution in [0.3, 0.4) is 0 Å². The predicted octanol–water partition coefficient (Wildman–Crippen LogP) is 0.589. The van der Waals surface area contributed by atoms with Gasteiger partial charge in [0, 0.05) is 12.1 Å². The van der Waals surface area contributed by atoms with Gasteiger partial charge in [0.2, 0.25) is 10.0 Å². The van der Waals surface area contributed by atoms with E-state index in [1.54, 1.807) is 31.4 Å². The number of ether oxygens (including phenoxy) is 2. The number of hydrogen-bond donors (Lipinski definition) is 2. The van der Waals surface area contributed by atoms with Crippen LogP contribution >= 0.6 is 0 Å². The molecule has 1 fully saturated rings. The van der Waals surface area contributed by atoms with E-state index in [1.165, 1.54) is 10.5 Å². The first-order valence-electron chi connectivity index (χ1n) is 8.70. The molecule has 0 saturated carbocycles. The van der Waals surface area contributed by atoms with Crippen molar-refractivity contribution in [3.8, 4) is 5.75 Å². The van der Waals surface area contributed by atoms with Crippen LogP contribution < -0.4 is 14.4 Å². The number of benzene rings is 2. The molecule has 0 aliphatic carbocycles. The molecule has 0 radical (unpaired) electrons. The van der Waals surface area contributed by atoms with Crippen LogP contribution in [0.25, 0.3) is 0 Å². The van der Waals surface area contributed by atoms with Crippen LogP contribution in [0.1, 0.15) is 11.1 Å². The van der Waals surface area contributed by atoms with Gasteiger partial charge in [-0.1, -0.05) is 24.3 Å². The quantitative estimate of drug-likeness (QED) is 0.741. The van der Waals surface area contributed by atoms with E-state index in [0.717, 1.165) is 38.4 Å². The normalized spacial score (nSPS) is 15.7. The highest BCUT2D eigenvalue weighted by Crippen LogP contribution is 2.16. The molecule has 140 valence electrons. The fraction of sp³-hybridized carbons (Fsp3) is 0.368. The maximum absolute atomic E-state index is 12.5. The van der Waals surface area contributed by atoms with Gasteiger partial charge in [-0.15, -0.1) is 0 Å². The summed E-state index contributed by atoms with van der Waals surface area (Å²) in [6.07, 6.45) is 0. The van der Waals surface area contributed by atoms with Gasteiger partial charge in [0.05, 0.1) is 25.2 Å². The third kappa shape index (κ3) is 4.82. The molecule has 6 nitrogen and oxygen atoms in total. The zero-order chi connectivity index (χ0) is 18.4. The summed E-state index contributed by atoms with van der Waals surface area (Å²) in [6, 6.07) is 14.4. The summed E-state index contributed by atoms with van der Waals surface area (Å²) < 4.78 is 38.2. The summed E-state index contributed by atoms with van der Waals surface area (Å²) >= 11 is 0. The lowest BCUT2D eigenvalue weighted by molar-refractivity contribution is -0.921. The molecule has 2 N–H and O–H groups in total. The second-order valence-electron chi connectivity index (χ2n) is 6.31. The monoisotopic (exact) mass is 377 g/mol. The van der Waals surface area contributed by atoms with Crippen LogP contribution in [-0.2, 0) is 27.8 Å². The molecular formula is C19H25N2O4S+. The van der Waals surface area contributed by atoms with E-state index in [-0.39, 0.29) is 11.4 Å². The molecule has 1 heterocycles. The molecule has 2 aromatic rings. The van der Waals surface area contributed by atoms with E-state index in [1.807, 2.05) is 18.2 Å². The van der Waals surface area contributed by atoms with Crippen LogP contribution in [0.15, 0.2) is 53.4 Å². The minimum atomic E-state index is -3.57. The summed E-state index contributed by atoms with van der Waals surface area (Å²) in [4.78, 5) is 1.69. The summed E-state index contributed by atoms with van der Waals surface area (Å²) in [7, 11) is -2.01. The molecule has 1 aliphatic rings. The van der Waals surface area contributed by atoms with Crippen molar-refractivity contribution < 1.29 is 22.8 Å². The lowest BCUT2D eigenvalue weighted by Crippen LogP contribution is -3.12. The van der Waals surface area contributed by atoms with E-state index in [9.17, 15) is 8.42 Å². The Morgan fingerprint density at radius 3 is 2.35 bits per heavy atom. The van der Waals surface area contributed by atoms with Crippen LogP contribution in [-0.4, -0.2) is 41.8 Å². The zero-order valence-corrected chi connectivity index (χ0v) is 15.7. The fourth-order valence-corrected chi connectivity index (χ4v) is 4.03. The zero-order valence-electron chi connectivity index (χ0n) is 14.9. The highest BCUT2D eigenvalue weighted by atomic mass is 32.2. The largest absolute Gasteiger partial charge is 0.497 e. The van der Waals surface area contributed by atoms with Gasteiger partial charge in [-0.2, -0.15) is 0 Å². The van der Waals surface area contributed by atoms with E-state index in [2.05, 4.69) is 10.8 Å². The second kappa shape index (κ2) is 8.64. The van der Waals surface area contributed by atoms with Gasteiger partial charge in [0.15, 0.2) is 0 Å². The summed E-state index contributed by atoms with van der Waals surface area (Å²) in [6.45, 7) is 4.67. The van der Waals surface area contributed by atoms with Crippen LogP contribution in [0.2, 0.25) is 0 Å². The Hall–Kier alpha value is -1.93. The average molecular weight is 377 g/mol. The van der Waals surface area contributed by atoms with E-state index in [4.69, 9.17) is 9.47 Å². The maximum Gasteiger partial charge on any atom is 0.240 e. The summed E-state index contributed by atoms with van der Waals surface area (Å²) in [5.74, 6) is 0.628. The first-order chi connectivity index (χ1) is 12.6. The number of quaternary nitrogens is 1. The average Bonchev–Trinajstić information content (AvgIpc) is 2.68. The predicted molar refractivity (Wildman–Crippen MR) is 98.7 cm³/mol. The number of nitrogens with one attached hydrogen (secondary N) is 2. The molecule has 1 aliphatic heterocycles. The topological polar surface area (TPSA) is 69.1 Å². The molecule has 0 bridgehead atoms. The second-order valence-corrected chi connectivity index (χ2v) is 8.07. The highest BCUT2D eigenvalue weighted by Gasteiger charge is 2.18. The van der Waals surface area contributed by atoms with Gasteiger partial charge >= 0.3 is 0 Å². The van der Waals surface area contributed by atoms with Crippen molar-refractivity contribution >= 4 is 10.0 Å². The van der Waals surface area contributed by atoms with Gasteiger partial charge in [0.25, 0.3) is 0 Å². The number of rotatable bonds is 7. The first kappa shape index (κ1) is 18.8. The van der Waals surface area contributed by atoms with Gasteiger partial charge in [-0.3, -0.25) is 0 Å². The smallest absolute Gasteiger partial charge is 0.240 e. The molecule has 3 rings (SSSR count). The fourth-order valence-electron chi connectivity index (χ4n) is 3.02. The molecule has 26 heavy (non-hydrogen) atoms. The van der Waals surface area contributed by atoms with E-state index >= 15 is 0 Å². The third-order valence-corrected chi connectivity index (χ3v) is 6.00. The minimum Gasteiger partial charge on any atom is -0.497 e. The Morgan fingerprint density at radius 1 is 1.04 bits per heavy atom.